The average Bonchev–Trinajstić information content (AvgIpc) is 2.37. The molecule has 18 heavy (non-hydrogen) atoms. The van der Waals surface area contributed by atoms with Crippen molar-refractivity contribution in [3.05, 3.63) is 29.3 Å². The van der Waals surface area contributed by atoms with Gasteiger partial charge in [0.15, 0.2) is 0 Å². The molecule has 0 bridgehead atoms. The third-order valence-electron chi connectivity index (χ3n) is 2.91. The van der Waals surface area contributed by atoms with E-state index in [4.69, 9.17) is 0 Å². The van der Waals surface area contributed by atoms with Gasteiger partial charge in [-0.2, -0.15) is 0 Å². The lowest BCUT2D eigenvalue weighted by molar-refractivity contribution is 0.0963. The number of aryl methyl sites for hydroxylation is 1. The molecule has 0 atom stereocenters. The highest BCUT2D eigenvalue weighted by molar-refractivity contribution is 5.95. The summed E-state index contributed by atoms with van der Waals surface area (Å²) in [5, 5.41) is 15.1. The Morgan fingerprint density at radius 1 is 1.39 bits per heavy atom. The van der Waals surface area contributed by atoms with Crippen molar-refractivity contribution < 1.29 is 9.90 Å². The van der Waals surface area contributed by atoms with Gasteiger partial charge in [-0.05, 0) is 24.6 Å². The number of hydrogen-bond acceptors (Lipinski definition) is 3. The van der Waals surface area contributed by atoms with Gasteiger partial charge in [-0.25, -0.2) is 0 Å². The van der Waals surface area contributed by atoms with Gasteiger partial charge in [0.05, 0.1) is 0 Å². The van der Waals surface area contributed by atoms with Gasteiger partial charge in [0.2, 0.25) is 0 Å². The molecule has 0 heterocycles. The van der Waals surface area contributed by atoms with Crippen LogP contribution in [0.5, 0.6) is 0 Å². The summed E-state index contributed by atoms with van der Waals surface area (Å²) in [6.07, 6.45) is 0. The van der Waals surface area contributed by atoms with Gasteiger partial charge in [-0.1, -0.05) is 19.9 Å². The molecule has 1 aromatic rings. The number of rotatable bonds is 5. The minimum atomic E-state index is -0.185. The third kappa shape index (κ3) is 3.74. The van der Waals surface area contributed by atoms with E-state index in [1.54, 1.807) is 13.1 Å². The van der Waals surface area contributed by atoms with Crippen molar-refractivity contribution in [3.8, 4) is 0 Å². The minimum absolute atomic E-state index is 0.0977. The van der Waals surface area contributed by atoms with Gasteiger partial charge in [0.1, 0.15) is 0 Å². The van der Waals surface area contributed by atoms with Crippen molar-refractivity contribution in [2.45, 2.75) is 20.8 Å². The monoisotopic (exact) mass is 250 g/mol. The number of benzene rings is 1. The van der Waals surface area contributed by atoms with Crippen LogP contribution in [-0.2, 0) is 0 Å². The van der Waals surface area contributed by atoms with Crippen molar-refractivity contribution in [1.82, 2.24) is 5.32 Å². The van der Waals surface area contributed by atoms with E-state index in [0.717, 1.165) is 11.3 Å². The molecule has 0 saturated heterocycles. The molecular weight excluding hydrogens is 228 g/mol. The van der Waals surface area contributed by atoms with Gasteiger partial charge < -0.3 is 15.7 Å². The van der Waals surface area contributed by atoms with E-state index >= 15 is 0 Å². The molecule has 4 heteroatoms. The number of aliphatic hydroxyl groups excluding tert-OH is 1. The molecular formula is C14H22N2O2. The standard InChI is InChI=1S/C14H22N2O2/c1-10-5-6-11(13(18)15-4)7-12(10)16-8-14(2,3)9-17/h5-7,16-17H,8-9H2,1-4H3,(H,15,18). The lowest BCUT2D eigenvalue weighted by atomic mass is 9.94. The largest absolute Gasteiger partial charge is 0.396 e. The highest BCUT2D eigenvalue weighted by atomic mass is 16.3. The first kappa shape index (κ1) is 14.5. The minimum Gasteiger partial charge on any atom is -0.396 e. The SMILES string of the molecule is CNC(=O)c1ccc(C)c(NCC(C)(C)CO)c1. The van der Waals surface area contributed by atoms with Crippen LogP contribution in [-0.4, -0.2) is 31.2 Å². The molecule has 1 amide bonds. The third-order valence-corrected chi connectivity index (χ3v) is 2.91. The Labute approximate surface area is 108 Å². The molecule has 1 aromatic carbocycles. The van der Waals surface area contributed by atoms with Gasteiger partial charge in [-0.15, -0.1) is 0 Å². The van der Waals surface area contributed by atoms with Crippen molar-refractivity contribution in [2.75, 3.05) is 25.5 Å². The lowest BCUT2D eigenvalue weighted by Gasteiger charge is -2.23. The zero-order chi connectivity index (χ0) is 13.8. The Balaban J connectivity index is 2.85. The van der Waals surface area contributed by atoms with E-state index in [0.29, 0.717) is 12.1 Å². The summed E-state index contributed by atoms with van der Waals surface area (Å²) in [6, 6.07) is 5.55. The van der Waals surface area contributed by atoms with E-state index in [9.17, 15) is 9.90 Å². The molecule has 0 saturated carbocycles. The quantitative estimate of drug-likeness (QED) is 0.746. The number of carbonyl (C=O) groups is 1. The highest BCUT2D eigenvalue weighted by Gasteiger charge is 2.16. The second-order valence-corrected chi connectivity index (χ2v) is 5.28. The summed E-state index contributed by atoms with van der Waals surface area (Å²) < 4.78 is 0. The van der Waals surface area contributed by atoms with Crippen LogP contribution in [0, 0.1) is 12.3 Å². The predicted molar refractivity (Wildman–Crippen MR) is 73.9 cm³/mol. The Bertz CT molecular complexity index is 428. The normalized spacial score (nSPS) is 11.2. The van der Waals surface area contributed by atoms with E-state index in [2.05, 4.69) is 10.6 Å². The first-order valence-electron chi connectivity index (χ1n) is 6.07. The zero-order valence-corrected chi connectivity index (χ0v) is 11.5. The van der Waals surface area contributed by atoms with Crippen LogP contribution in [0.25, 0.3) is 0 Å². The molecule has 4 nitrogen and oxygen atoms in total. The van der Waals surface area contributed by atoms with Gasteiger partial charge in [-0.3, -0.25) is 4.79 Å². The van der Waals surface area contributed by atoms with Crippen LogP contribution in [0.2, 0.25) is 0 Å². The Kier molecular flexibility index (Phi) is 4.73. The summed E-state index contributed by atoms with van der Waals surface area (Å²) in [5.74, 6) is -0.0977. The Hall–Kier alpha value is -1.55. The van der Waals surface area contributed by atoms with Crippen LogP contribution in [0.15, 0.2) is 18.2 Å². The molecule has 0 aliphatic rings. The lowest BCUT2D eigenvalue weighted by Crippen LogP contribution is -2.27. The topological polar surface area (TPSA) is 61.4 Å². The van der Waals surface area contributed by atoms with Gasteiger partial charge in [0, 0.05) is 36.9 Å². The molecule has 0 radical (unpaired) electrons. The number of aliphatic hydroxyl groups is 1. The number of nitrogens with one attached hydrogen (secondary N) is 2. The van der Waals surface area contributed by atoms with Crippen molar-refractivity contribution in [2.24, 2.45) is 5.41 Å². The smallest absolute Gasteiger partial charge is 0.251 e. The molecule has 0 aliphatic carbocycles. The fourth-order valence-electron chi connectivity index (χ4n) is 1.49. The van der Waals surface area contributed by atoms with E-state index in [1.165, 1.54) is 0 Å². The molecule has 100 valence electrons. The number of amides is 1. The van der Waals surface area contributed by atoms with Crippen molar-refractivity contribution >= 4 is 11.6 Å². The number of anilines is 1. The van der Waals surface area contributed by atoms with Crippen LogP contribution in [0.1, 0.15) is 29.8 Å². The van der Waals surface area contributed by atoms with Crippen LogP contribution in [0.3, 0.4) is 0 Å². The second kappa shape index (κ2) is 5.87. The summed E-state index contributed by atoms with van der Waals surface area (Å²) in [5.41, 5.74) is 2.46. The Morgan fingerprint density at radius 3 is 2.61 bits per heavy atom. The van der Waals surface area contributed by atoms with E-state index in [1.807, 2.05) is 32.9 Å². The molecule has 0 unspecified atom stereocenters. The second-order valence-electron chi connectivity index (χ2n) is 5.28. The van der Waals surface area contributed by atoms with Crippen LogP contribution >= 0.6 is 0 Å². The summed E-state index contributed by atoms with van der Waals surface area (Å²) in [6.45, 7) is 6.73. The highest BCUT2D eigenvalue weighted by Crippen LogP contribution is 2.20. The maximum absolute atomic E-state index is 11.6. The summed E-state index contributed by atoms with van der Waals surface area (Å²) in [7, 11) is 1.62. The van der Waals surface area contributed by atoms with E-state index < -0.39 is 0 Å². The van der Waals surface area contributed by atoms with Crippen molar-refractivity contribution in [3.63, 3.8) is 0 Å². The molecule has 0 spiro atoms. The zero-order valence-electron chi connectivity index (χ0n) is 11.5. The fourth-order valence-corrected chi connectivity index (χ4v) is 1.49. The summed E-state index contributed by atoms with van der Waals surface area (Å²) >= 11 is 0. The summed E-state index contributed by atoms with van der Waals surface area (Å²) in [4.78, 5) is 11.6. The molecule has 0 fully saturated rings. The maximum atomic E-state index is 11.6. The molecule has 1 rings (SSSR count). The first-order chi connectivity index (χ1) is 8.39. The van der Waals surface area contributed by atoms with Gasteiger partial charge >= 0.3 is 0 Å². The number of carbonyl (C=O) groups excluding carboxylic acids is 1. The van der Waals surface area contributed by atoms with Crippen LogP contribution in [0.4, 0.5) is 5.69 Å². The fraction of sp³-hybridized carbons (Fsp3) is 0.500. The predicted octanol–water partition coefficient (Wildman–Crippen LogP) is 1.79. The van der Waals surface area contributed by atoms with Crippen molar-refractivity contribution in [1.29, 1.82) is 0 Å². The molecule has 3 N–H and O–H groups in total. The molecule has 0 aliphatic heterocycles. The first-order valence-corrected chi connectivity index (χ1v) is 6.07. The maximum Gasteiger partial charge on any atom is 0.251 e. The van der Waals surface area contributed by atoms with E-state index in [-0.39, 0.29) is 17.9 Å². The Morgan fingerprint density at radius 2 is 2.06 bits per heavy atom. The average molecular weight is 250 g/mol. The van der Waals surface area contributed by atoms with Gasteiger partial charge in [0.25, 0.3) is 5.91 Å². The molecule has 0 aromatic heterocycles. The number of hydrogen-bond donors (Lipinski definition) is 3. The van der Waals surface area contributed by atoms with Crippen LogP contribution < -0.4 is 10.6 Å².